The Morgan fingerprint density at radius 1 is 1.47 bits per heavy atom. The van der Waals surface area contributed by atoms with Crippen molar-refractivity contribution in [1.29, 1.82) is 0 Å². The predicted octanol–water partition coefficient (Wildman–Crippen LogP) is 2.40. The fraction of sp³-hybridized carbons (Fsp3) is 1.00. The van der Waals surface area contributed by atoms with E-state index in [4.69, 9.17) is 11.6 Å². The van der Waals surface area contributed by atoms with Crippen LogP contribution < -0.4 is 0 Å². The number of nitrogens with zero attached hydrogens (tertiary/aromatic N) is 2. The van der Waals surface area contributed by atoms with E-state index in [0.717, 1.165) is 31.4 Å². The zero-order chi connectivity index (χ0) is 14.5. The molecule has 2 atom stereocenters. The molecule has 1 aliphatic heterocycles. The number of thioether (sulfide) groups is 1. The first-order valence-electron chi connectivity index (χ1n) is 6.74. The molecule has 7 heteroatoms. The molecule has 0 saturated carbocycles. The van der Waals surface area contributed by atoms with Gasteiger partial charge in [0.2, 0.25) is 0 Å². The van der Waals surface area contributed by atoms with E-state index in [1.165, 1.54) is 4.31 Å². The first-order chi connectivity index (χ1) is 8.95. The molecule has 0 N–H and O–H groups in total. The third-order valence-electron chi connectivity index (χ3n) is 3.77. The summed E-state index contributed by atoms with van der Waals surface area (Å²) in [5.74, 6) is 1.35. The van der Waals surface area contributed by atoms with Crippen molar-refractivity contribution in [2.24, 2.45) is 0 Å². The van der Waals surface area contributed by atoms with Gasteiger partial charge in [0.05, 0.1) is 0 Å². The first kappa shape index (κ1) is 17.6. The largest absolute Gasteiger partial charge is 0.282 e. The molecule has 2 unspecified atom stereocenters. The van der Waals surface area contributed by atoms with Gasteiger partial charge in [0.15, 0.2) is 0 Å². The van der Waals surface area contributed by atoms with Gasteiger partial charge in [-0.05, 0) is 38.2 Å². The van der Waals surface area contributed by atoms with Crippen LogP contribution in [0.3, 0.4) is 0 Å². The lowest BCUT2D eigenvalue weighted by molar-refractivity contribution is 0.242. The Hall–Kier alpha value is 0.510. The first-order valence-corrected chi connectivity index (χ1v) is 10.1. The van der Waals surface area contributed by atoms with Gasteiger partial charge in [-0.15, -0.1) is 11.6 Å². The maximum atomic E-state index is 12.6. The summed E-state index contributed by atoms with van der Waals surface area (Å²) in [6.07, 6.45) is 5.77. The Labute approximate surface area is 127 Å². The molecule has 0 aromatic rings. The summed E-state index contributed by atoms with van der Waals surface area (Å²) in [7, 11) is -1.70. The van der Waals surface area contributed by atoms with E-state index in [0.29, 0.717) is 12.4 Å². The van der Waals surface area contributed by atoms with Gasteiger partial charge >= 0.3 is 0 Å². The standard InChI is InChI=1S/C12H25ClN2O2S2/c1-11(7-9-18-3)14(2)19(16,17)15-8-5-4-6-12(15)10-13/h11-12H,4-10H2,1-3H3. The van der Waals surface area contributed by atoms with E-state index in [2.05, 4.69) is 0 Å². The molecular formula is C12H25ClN2O2S2. The third-order valence-corrected chi connectivity index (χ3v) is 6.93. The summed E-state index contributed by atoms with van der Waals surface area (Å²) in [4.78, 5) is 0. The van der Waals surface area contributed by atoms with E-state index < -0.39 is 10.2 Å². The summed E-state index contributed by atoms with van der Waals surface area (Å²) < 4.78 is 28.4. The molecule has 0 spiro atoms. The molecule has 0 amide bonds. The van der Waals surface area contributed by atoms with Gasteiger partial charge in [-0.1, -0.05) is 6.42 Å². The molecule has 1 fully saturated rings. The molecular weight excluding hydrogens is 304 g/mol. The van der Waals surface area contributed by atoms with Gasteiger partial charge in [0.25, 0.3) is 10.2 Å². The molecule has 1 heterocycles. The molecule has 4 nitrogen and oxygen atoms in total. The van der Waals surface area contributed by atoms with Crippen molar-refractivity contribution in [2.45, 2.75) is 44.7 Å². The average molecular weight is 329 g/mol. The van der Waals surface area contributed by atoms with Crippen molar-refractivity contribution in [1.82, 2.24) is 8.61 Å². The van der Waals surface area contributed by atoms with Crippen LogP contribution in [0.2, 0.25) is 0 Å². The monoisotopic (exact) mass is 328 g/mol. The molecule has 0 aromatic carbocycles. The summed E-state index contributed by atoms with van der Waals surface area (Å²) in [5, 5.41) is 0. The predicted molar refractivity (Wildman–Crippen MR) is 84.2 cm³/mol. The van der Waals surface area contributed by atoms with Crippen LogP contribution in [0.15, 0.2) is 0 Å². The van der Waals surface area contributed by atoms with Crippen LogP contribution in [0.25, 0.3) is 0 Å². The SMILES string of the molecule is CSCCC(C)N(C)S(=O)(=O)N1CCCCC1CCl. The molecule has 0 bridgehead atoms. The van der Waals surface area contributed by atoms with Crippen molar-refractivity contribution in [3.8, 4) is 0 Å². The van der Waals surface area contributed by atoms with E-state index in [-0.39, 0.29) is 12.1 Å². The molecule has 19 heavy (non-hydrogen) atoms. The van der Waals surface area contributed by atoms with Gasteiger partial charge in [0.1, 0.15) is 0 Å². The van der Waals surface area contributed by atoms with Crippen molar-refractivity contribution >= 4 is 33.6 Å². The van der Waals surface area contributed by atoms with Gasteiger partial charge in [-0.2, -0.15) is 28.8 Å². The van der Waals surface area contributed by atoms with E-state index in [9.17, 15) is 8.42 Å². The van der Waals surface area contributed by atoms with E-state index in [1.807, 2.05) is 13.2 Å². The minimum atomic E-state index is -3.38. The summed E-state index contributed by atoms with van der Waals surface area (Å²) in [6.45, 7) is 2.56. The van der Waals surface area contributed by atoms with Crippen molar-refractivity contribution in [3.05, 3.63) is 0 Å². The molecule has 1 aliphatic rings. The second kappa shape index (κ2) is 8.08. The maximum absolute atomic E-state index is 12.6. The van der Waals surface area contributed by atoms with Gasteiger partial charge < -0.3 is 0 Å². The Kier molecular flexibility index (Phi) is 7.46. The van der Waals surface area contributed by atoms with Crippen LogP contribution in [-0.4, -0.2) is 60.6 Å². The number of rotatable bonds is 7. The lowest BCUT2D eigenvalue weighted by Gasteiger charge is -2.37. The summed E-state index contributed by atoms with van der Waals surface area (Å²) in [6, 6.07) is -0.0223. The zero-order valence-electron chi connectivity index (χ0n) is 12.0. The van der Waals surface area contributed by atoms with Crippen LogP contribution in [0.4, 0.5) is 0 Å². The number of hydrogen-bond donors (Lipinski definition) is 0. The van der Waals surface area contributed by atoms with E-state index in [1.54, 1.807) is 23.1 Å². The van der Waals surface area contributed by atoms with Crippen molar-refractivity contribution in [3.63, 3.8) is 0 Å². The van der Waals surface area contributed by atoms with Crippen LogP contribution in [0, 0.1) is 0 Å². The van der Waals surface area contributed by atoms with Gasteiger partial charge in [0, 0.05) is 31.6 Å². The van der Waals surface area contributed by atoms with Crippen molar-refractivity contribution < 1.29 is 8.42 Å². The van der Waals surface area contributed by atoms with Gasteiger partial charge in [-0.25, -0.2) is 0 Å². The molecule has 1 rings (SSSR count). The fourth-order valence-corrected chi connectivity index (χ4v) is 5.08. The Morgan fingerprint density at radius 3 is 2.74 bits per heavy atom. The Balaban J connectivity index is 2.77. The molecule has 0 aromatic heterocycles. The highest BCUT2D eigenvalue weighted by molar-refractivity contribution is 7.98. The van der Waals surface area contributed by atoms with Crippen LogP contribution in [0.1, 0.15) is 32.6 Å². The highest BCUT2D eigenvalue weighted by Gasteiger charge is 2.36. The number of piperidine rings is 1. The molecule has 0 radical (unpaired) electrons. The third kappa shape index (κ3) is 4.49. The molecule has 1 saturated heterocycles. The maximum Gasteiger partial charge on any atom is 0.282 e. The molecule has 114 valence electrons. The smallest absolute Gasteiger partial charge is 0.195 e. The quantitative estimate of drug-likeness (QED) is 0.674. The number of alkyl halides is 1. The average Bonchev–Trinajstić information content (AvgIpc) is 2.43. The second-order valence-electron chi connectivity index (χ2n) is 5.07. The Bertz CT molecular complexity index is 365. The van der Waals surface area contributed by atoms with Crippen molar-refractivity contribution in [2.75, 3.05) is 31.5 Å². The van der Waals surface area contributed by atoms with Crippen LogP contribution >= 0.6 is 23.4 Å². The minimum absolute atomic E-state index is 0.0235. The minimum Gasteiger partial charge on any atom is -0.195 e. The summed E-state index contributed by atoms with van der Waals surface area (Å²) in [5.41, 5.74) is 0. The molecule has 0 aliphatic carbocycles. The number of hydrogen-bond acceptors (Lipinski definition) is 3. The number of halogens is 1. The fourth-order valence-electron chi connectivity index (χ4n) is 2.30. The van der Waals surface area contributed by atoms with E-state index >= 15 is 0 Å². The van der Waals surface area contributed by atoms with Gasteiger partial charge in [-0.3, -0.25) is 0 Å². The lowest BCUT2D eigenvalue weighted by atomic mass is 10.1. The zero-order valence-corrected chi connectivity index (χ0v) is 14.4. The Morgan fingerprint density at radius 2 is 2.16 bits per heavy atom. The second-order valence-corrected chi connectivity index (χ2v) is 8.30. The normalized spacial score (nSPS) is 23.7. The highest BCUT2D eigenvalue weighted by Crippen LogP contribution is 2.24. The summed E-state index contributed by atoms with van der Waals surface area (Å²) >= 11 is 7.66. The van der Waals surface area contributed by atoms with Crippen LogP contribution in [-0.2, 0) is 10.2 Å². The lowest BCUT2D eigenvalue weighted by Crippen LogP contribution is -2.52. The van der Waals surface area contributed by atoms with Crippen LogP contribution in [0.5, 0.6) is 0 Å². The topological polar surface area (TPSA) is 40.6 Å². The highest BCUT2D eigenvalue weighted by atomic mass is 35.5.